The van der Waals surface area contributed by atoms with Crippen molar-refractivity contribution in [1.82, 2.24) is 0 Å². The lowest BCUT2D eigenvalue weighted by molar-refractivity contribution is 0.134. The van der Waals surface area contributed by atoms with E-state index in [1.54, 1.807) is 24.3 Å². The van der Waals surface area contributed by atoms with E-state index >= 15 is 0 Å². The van der Waals surface area contributed by atoms with Gasteiger partial charge in [0.25, 0.3) is 0 Å². The number of alkyl halides is 1. The summed E-state index contributed by atoms with van der Waals surface area (Å²) in [5.41, 5.74) is 4.25. The van der Waals surface area contributed by atoms with Crippen molar-refractivity contribution in [3.8, 4) is 0 Å². The molecule has 0 aromatic heterocycles. The van der Waals surface area contributed by atoms with Gasteiger partial charge in [-0.2, -0.15) is 0 Å². The maximum Gasteiger partial charge on any atom is 0.175 e. The van der Waals surface area contributed by atoms with E-state index in [2.05, 4.69) is 6.07 Å². The van der Waals surface area contributed by atoms with Crippen LogP contribution in [0.1, 0.15) is 27.6 Å². The van der Waals surface area contributed by atoms with Gasteiger partial charge in [-0.05, 0) is 34.4 Å². The maximum atomic E-state index is 11.5. The lowest BCUT2D eigenvalue weighted by Gasteiger charge is -2.12. The van der Waals surface area contributed by atoms with Crippen molar-refractivity contribution in [2.45, 2.75) is 23.5 Å². The molecule has 5 heteroatoms. The quantitative estimate of drug-likeness (QED) is 0.813. The average molecular weight is 323 g/mol. The summed E-state index contributed by atoms with van der Waals surface area (Å²) in [6, 6.07) is 12.8. The molecule has 0 spiro atoms. The predicted molar refractivity (Wildman–Crippen MR) is 82.2 cm³/mol. The number of fused-ring (bicyclic) bond motifs is 1. The Balaban J connectivity index is 1.90. The first-order chi connectivity index (χ1) is 9.95. The van der Waals surface area contributed by atoms with Gasteiger partial charge in [-0.15, -0.1) is 11.6 Å². The van der Waals surface area contributed by atoms with Crippen molar-refractivity contribution in [2.24, 2.45) is 0 Å². The second kappa shape index (κ2) is 5.44. The Morgan fingerprint density at radius 1 is 1.00 bits per heavy atom. The molecule has 3 nitrogen and oxygen atoms in total. The molecule has 2 aromatic rings. The molecular formula is C16H15ClO3S. The molecule has 0 N–H and O–H groups in total. The Bertz CT molecular complexity index is 767. The molecule has 2 aromatic carbocycles. The number of ether oxygens (including phenoxy) is 1. The van der Waals surface area contributed by atoms with Crippen LogP contribution in [0.5, 0.6) is 0 Å². The highest BCUT2D eigenvalue weighted by Gasteiger charge is 2.17. The number of benzene rings is 2. The number of rotatable bonds is 3. The highest BCUT2D eigenvalue weighted by Crippen LogP contribution is 2.32. The standard InChI is InChI=1S/C16H15ClO3S/c1-21(18,19)15-6-4-11(5-7-15)16(17)12-2-3-13-9-20-10-14(13)8-12/h2-8,16H,9-10H2,1H3. The molecule has 0 amide bonds. The zero-order valence-corrected chi connectivity index (χ0v) is 13.1. The first-order valence-electron chi connectivity index (χ1n) is 6.59. The summed E-state index contributed by atoms with van der Waals surface area (Å²) in [5, 5.41) is -0.301. The van der Waals surface area contributed by atoms with Crippen molar-refractivity contribution < 1.29 is 13.2 Å². The van der Waals surface area contributed by atoms with Gasteiger partial charge >= 0.3 is 0 Å². The van der Waals surface area contributed by atoms with E-state index in [1.807, 2.05) is 12.1 Å². The summed E-state index contributed by atoms with van der Waals surface area (Å²) in [6.45, 7) is 1.28. The third-order valence-corrected chi connectivity index (χ3v) is 5.27. The smallest absolute Gasteiger partial charge is 0.175 e. The average Bonchev–Trinajstić information content (AvgIpc) is 2.93. The Hall–Kier alpha value is -1.36. The first kappa shape index (κ1) is 14.6. The van der Waals surface area contributed by atoms with Gasteiger partial charge in [0.15, 0.2) is 9.84 Å². The first-order valence-corrected chi connectivity index (χ1v) is 8.91. The molecule has 1 aliphatic heterocycles. The summed E-state index contributed by atoms with van der Waals surface area (Å²) in [7, 11) is -3.18. The van der Waals surface area contributed by atoms with Crippen LogP contribution in [0.3, 0.4) is 0 Å². The van der Waals surface area contributed by atoms with E-state index in [0.717, 1.165) is 11.1 Å². The summed E-state index contributed by atoms with van der Waals surface area (Å²) in [4.78, 5) is 0.303. The zero-order valence-electron chi connectivity index (χ0n) is 11.5. The number of halogens is 1. The third-order valence-electron chi connectivity index (χ3n) is 3.64. The summed E-state index contributed by atoms with van der Waals surface area (Å²) >= 11 is 6.51. The summed E-state index contributed by atoms with van der Waals surface area (Å²) < 4.78 is 28.3. The van der Waals surface area contributed by atoms with Gasteiger partial charge in [-0.1, -0.05) is 30.3 Å². The van der Waals surface area contributed by atoms with Gasteiger partial charge in [0.1, 0.15) is 0 Å². The van der Waals surface area contributed by atoms with Gasteiger partial charge in [0.2, 0.25) is 0 Å². The van der Waals surface area contributed by atoms with E-state index in [0.29, 0.717) is 18.1 Å². The Labute approximate surface area is 129 Å². The van der Waals surface area contributed by atoms with Crippen LogP contribution in [0.2, 0.25) is 0 Å². The number of hydrogen-bond donors (Lipinski definition) is 0. The van der Waals surface area contributed by atoms with E-state index in [1.165, 1.54) is 17.4 Å². The topological polar surface area (TPSA) is 43.4 Å². The van der Waals surface area contributed by atoms with Crippen LogP contribution >= 0.6 is 11.6 Å². The van der Waals surface area contributed by atoms with Crippen molar-refractivity contribution >= 4 is 21.4 Å². The minimum atomic E-state index is -3.18. The molecule has 1 atom stereocenters. The van der Waals surface area contributed by atoms with Gasteiger partial charge in [-0.3, -0.25) is 0 Å². The van der Waals surface area contributed by atoms with Crippen LogP contribution in [0.25, 0.3) is 0 Å². The Morgan fingerprint density at radius 3 is 2.29 bits per heavy atom. The molecular weight excluding hydrogens is 308 g/mol. The van der Waals surface area contributed by atoms with Gasteiger partial charge < -0.3 is 4.74 Å². The van der Waals surface area contributed by atoms with E-state index in [9.17, 15) is 8.42 Å². The van der Waals surface area contributed by atoms with Crippen LogP contribution < -0.4 is 0 Å². The van der Waals surface area contributed by atoms with Gasteiger partial charge in [0, 0.05) is 6.26 Å². The minimum Gasteiger partial charge on any atom is -0.372 e. The van der Waals surface area contributed by atoms with Crippen LogP contribution in [-0.4, -0.2) is 14.7 Å². The Kier molecular flexibility index (Phi) is 3.78. The molecule has 3 rings (SSSR count). The fourth-order valence-corrected chi connectivity index (χ4v) is 3.34. The highest BCUT2D eigenvalue weighted by atomic mass is 35.5. The molecule has 0 saturated heterocycles. The van der Waals surface area contributed by atoms with Crippen LogP contribution in [0.15, 0.2) is 47.4 Å². The number of hydrogen-bond acceptors (Lipinski definition) is 3. The van der Waals surface area contributed by atoms with Crippen molar-refractivity contribution in [1.29, 1.82) is 0 Å². The fraction of sp³-hybridized carbons (Fsp3) is 0.250. The molecule has 0 fully saturated rings. The molecule has 0 radical (unpaired) electrons. The third kappa shape index (κ3) is 2.98. The predicted octanol–water partition coefficient (Wildman–Crippen LogP) is 3.45. The molecule has 0 bridgehead atoms. The normalized spacial score (nSPS) is 15.7. The molecule has 0 aliphatic carbocycles. The van der Waals surface area contributed by atoms with Gasteiger partial charge in [0.05, 0.1) is 23.5 Å². The largest absolute Gasteiger partial charge is 0.372 e. The van der Waals surface area contributed by atoms with Crippen LogP contribution in [0.4, 0.5) is 0 Å². The second-order valence-electron chi connectivity index (χ2n) is 5.22. The van der Waals surface area contributed by atoms with Crippen molar-refractivity contribution in [3.63, 3.8) is 0 Å². The van der Waals surface area contributed by atoms with Crippen LogP contribution in [0, 0.1) is 0 Å². The molecule has 1 heterocycles. The van der Waals surface area contributed by atoms with Crippen molar-refractivity contribution in [2.75, 3.05) is 6.26 Å². The van der Waals surface area contributed by atoms with E-state index < -0.39 is 9.84 Å². The lowest BCUT2D eigenvalue weighted by atomic mass is 10.0. The number of sulfone groups is 1. The molecule has 110 valence electrons. The lowest BCUT2D eigenvalue weighted by Crippen LogP contribution is -1.99. The Morgan fingerprint density at radius 2 is 1.62 bits per heavy atom. The highest BCUT2D eigenvalue weighted by molar-refractivity contribution is 7.90. The zero-order chi connectivity index (χ0) is 15.0. The van der Waals surface area contributed by atoms with Crippen molar-refractivity contribution in [3.05, 3.63) is 64.7 Å². The summed E-state index contributed by atoms with van der Waals surface area (Å²) in [5.74, 6) is 0. The van der Waals surface area contributed by atoms with Gasteiger partial charge in [-0.25, -0.2) is 8.42 Å². The molecule has 21 heavy (non-hydrogen) atoms. The second-order valence-corrected chi connectivity index (χ2v) is 7.68. The fourth-order valence-electron chi connectivity index (χ4n) is 2.43. The molecule has 0 saturated carbocycles. The SMILES string of the molecule is CS(=O)(=O)c1ccc(C(Cl)c2ccc3c(c2)COC3)cc1. The minimum absolute atomic E-state index is 0.301. The maximum absolute atomic E-state index is 11.5. The molecule has 1 aliphatic rings. The monoisotopic (exact) mass is 322 g/mol. The van der Waals surface area contributed by atoms with E-state index in [-0.39, 0.29) is 5.38 Å². The summed E-state index contributed by atoms with van der Waals surface area (Å²) in [6.07, 6.45) is 1.20. The molecule has 1 unspecified atom stereocenters. The van der Waals surface area contributed by atoms with E-state index in [4.69, 9.17) is 16.3 Å². The van der Waals surface area contributed by atoms with Crippen LogP contribution in [-0.2, 0) is 27.8 Å².